The van der Waals surface area contributed by atoms with Gasteiger partial charge in [0.2, 0.25) is 5.95 Å². The van der Waals surface area contributed by atoms with Crippen LogP contribution in [0.3, 0.4) is 0 Å². The van der Waals surface area contributed by atoms with Crippen LogP contribution in [-0.4, -0.2) is 59.3 Å². The molecule has 10 nitrogen and oxygen atoms in total. The van der Waals surface area contributed by atoms with E-state index in [0.717, 1.165) is 16.4 Å². The van der Waals surface area contributed by atoms with Crippen molar-refractivity contribution in [3.63, 3.8) is 0 Å². The van der Waals surface area contributed by atoms with E-state index in [4.69, 9.17) is 14.9 Å². The highest BCUT2D eigenvalue weighted by molar-refractivity contribution is 6.10. The summed E-state index contributed by atoms with van der Waals surface area (Å²) in [4.78, 5) is 13.3. The largest absolute Gasteiger partial charge is 0.455 e. The number of ether oxygens (including phenoxy) is 1. The highest BCUT2D eigenvalue weighted by atomic mass is 16.6. The summed E-state index contributed by atoms with van der Waals surface area (Å²) in [6.45, 7) is 0.987. The molecule has 0 saturated carbocycles. The number of imidazole rings is 1. The van der Waals surface area contributed by atoms with Crippen LogP contribution >= 0.6 is 0 Å². The summed E-state index contributed by atoms with van der Waals surface area (Å²) in [6, 6.07) is 13.5. The van der Waals surface area contributed by atoms with E-state index in [-0.39, 0.29) is 5.95 Å². The lowest BCUT2D eigenvalue weighted by molar-refractivity contribution is -0.0950. The van der Waals surface area contributed by atoms with E-state index in [1.165, 1.54) is 17.8 Å². The molecular formula is C23H21N5O5. The number of anilines is 1. The Bertz CT molecular complexity index is 1520. The predicted octanol–water partition coefficient (Wildman–Crippen LogP) is 1.98. The second kappa shape index (κ2) is 6.96. The summed E-state index contributed by atoms with van der Waals surface area (Å²) < 4.78 is 13.4. The molecule has 168 valence electrons. The number of fused-ring (bicyclic) bond motifs is 4. The average molecular weight is 447 g/mol. The highest BCUT2D eigenvalue weighted by Crippen LogP contribution is 2.41. The minimum atomic E-state index is -1.69. The van der Waals surface area contributed by atoms with Gasteiger partial charge in [0.1, 0.15) is 40.2 Å². The first kappa shape index (κ1) is 20.1. The minimum absolute atomic E-state index is 0.00395. The number of nitrogens with two attached hydrogens (primary N) is 1. The van der Waals surface area contributed by atoms with Gasteiger partial charge in [-0.25, -0.2) is 9.97 Å². The van der Waals surface area contributed by atoms with Crippen molar-refractivity contribution in [3.8, 4) is 11.3 Å². The molecule has 0 amide bonds. The highest BCUT2D eigenvalue weighted by Gasteiger charge is 2.53. The van der Waals surface area contributed by atoms with Gasteiger partial charge in [-0.15, -0.1) is 0 Å². The van der Waals surface area contributed by atoms with Gasteiger partial charge in [-0.1, -0.05) is 30.3 Å². The van der Waals surface area contributed by atoms with Crippen molar-refractivity contribution in [1.82, 2.24) is 19.5 Å². The van der Waals surface area contributed by atoms with Gasteiger partial charge in [0.15, 0.2) is 11.9 Å². The SMILES string of the molecule is C[C@@]1(O)C(O)C(CO)OC1n1cnc2c(-c3cccc4c3oc3ccccc34)nc(N)nc21. The van der Waals surface area contributed by atoms with Crippen LogP contribution in [0.5, 0.6) is 0 Å². The second-order valence-corrected chi connectivity index (χ2v) is 8.42. The van der Waals surface area contributed by atoms with Crippen LogP contribution in [0, 0.1) is 0 Å². The Kier molecular flexibility index (Phi) is 4.23. The zero-order valence-corrected chi connectivity index (χ0v) is 17.6. The van der Waals surface area contributed by atoms with Gasteiger partial charge in [-0.3, -0.25) is 4.57 Å². The van der Waals surface area contributed by atoms with Crippen molar-refractivity contribution in [3.05, 3.63) is 48.8 Å². The lowest BCUT2D eigenvalue weighted by Crippen LogP contribution is -2.44. The summed E-state index contributed by atoms with van der Waals surface area (Å²) in [5.74, 6) is 0.00395. The average Bonchev–Trinajstić information content (AvgIpc) is 3.45. The zero-order chi connectivity index (χ0) is 22.9. The molecule has 1 aliphatic rings. The molecule has 3 unspecified atom stereocenters. The smallest absolute Gasteiger partial charge is 0.222 e. The molecule has 3 aromatic heterocycles. The molecule has 0 aliphatic carbocycles. The molecule has 0 bridgehead atoms. The Morgan fingerprint density at radius 1 is 1.12 bits per heavy atom. The molecule has 0 spiro atoms. The third kappa shape index (κ3) is 2.79. The van der Waals surface area contributed by atoms with E-state index in [1.54, 1.807) is 0 Å². The quantitative estimate of drug-likeness (QED) is 0.325. The molecule has 2 aromatic carbocycles. The minimum Gasteiger partial charge on any atom is -0.455 e. The molecule has 5 aromatic rings. The van der Waals surface area contributed by atoms with E-state index in [2.05, 4.69) is 15.0 Å². The summed E-state index contributed by atoms with van der Waals surface area (Å²) in [5.41, 5.74) is 7.69. The summed E-state index contributed by atoms with van der Waals surface area (Å²) in [6.07, 6.45) is -1.84. The van der Waals surface area contributed by atoms with Gasteiger partial charge >= 0.3 is 0 Å². The fourth-order valence-corrected chi connectivity index (χ4v) is 4.62. The van der Waals surface area contributed by atoms with E-state index in [1.807, 2.05) is 42.5 Å². The van der Waals surface area contributed by atoms with Crippen molar-refractivity contribution in [2.45, 2.75) is 31.0 Å². The normalized spacial score (nSPS) is 25.5. The van der Waals surface area contributed by atoms with Crippen molar-refractivity contribution in [2.24, 2.45) is 0 Å². The van der Waals surface area contributed by atoms with E-state index >= 15 is 0 Å². The molecule has 6 rings (SSSR count). The predicted molar refractivity (Wildman–Crippen MR) is 120 cm³/mol. The molecule has 1 fully saturated rings. The van der Waals surface area contributed by atoms with Crippen LogP contribution in [0.2, 0.25) is 0 Å². The molecule has 33 heavy (non-hydrogen) atoms. The zero-order valence-electron chi connectivity index (χ0n) is 17.6. The molecule has 4 heterocycles. The maximum Gasteiger partial charge on any atom is 0.222 e. The van der Waals surface area contributed by atoms with E-state index < -0.39 is 30.6 Å². The number of hydrogen-bond donors (Lipinski definition) is 4. The van der Waals surface area contributed by atoms with Crippen molar-refractivity contribution < 1.29 is 24.5 Å². The van der Waals surface area contributed by atoms with Crippen LogP contribution < -0.4 is 5.73 Å². The number of furan rings is 1. The van der Waals surface area contributed by atoms with Crippen molar-refractivity contribution in [1.29, 1.82) is 0 Å². The standard InChI is InChI=1S/C23H21N5O5/c1-23(31)19(30)15(9-29)33-21(23)28-10-25-17-16(26-22(24)27-20(17)28)13-7-4-6-12-11-5-2-3-8-14(11)32-18(12)13/h2-8,10,15,19,21,29-31H,9H2,1H3,(H2,24,26,27)/t15?,19?,21?,23-/m1/s1. The van der Waals surface area contributed by atoms with Crippen LogP contribution in [-0.2, 0) is 4.74 Å². The van der Waals surface area contributed by atoms with E-state index in [9.17, 15) is 15.3 Å². The summed E-state index contributed by atoms with van der Waals surface area (Å²) in [5, 5.41) is 32.7. The fourth-order valence-electron chi connectivity index (χ4n) is 4.62. The third-order valence-corrected chi connectivity index (χ3v) is 6.29. The molecule has 0 radical (unpaired) electrons. The Balaban J connectivity index is 1.58. The second-order valence-electron chi connectivity index (χ2n) is 8.42. The Morgan fingerprint density at radius 3 is 2.70 bits per heavy atom. The van der Waals surface area contributed by atoms with Crippen LogP contribution in [0.1, 0.15) is 13.2 Å². The lowest BCUT2D eigenvalue weighted by atomic mass is 9.96. The van der Waals surface area contributed by atoms with Gasteiger partial charge in [0.05, 0.1) is 12.9 Å². The molecule has 1 aliphatic heterocycles. The number of aliphatic hydroxyl groups excluding tert-OH is 2. The first-order valence-electron chi connectivity index (χ1n) is 10.5. The van der Waals surface area contributed by atoms with Gasteiger partial charge < -0.3 is 30.2 Å². The van der Waals surface area contributed by atoms with Gasteiger partial charge in [-0.05, 0) is 19.1 Å². The number of aliphatic hydroxyl groups is 3. The number of aromatic nitrogens is 4. The summed E-state index contributed by atoms with van der Waals surface area (Å²) in [7, 11) is 0. The van der Waals surface area contributed by atoms with Crippen LogP contribution in [0.4, 0.5) is 5.95 Å². The first-order chi connectivity index (χ1) is 15.9. The third-order valence-electron chi connectivity index (χ3n) is 6.29. The van der Waals surface area contributed by atoms with E-state index in [0.29, 0.717) is 28.0 Å². The topological polar surface area (TPSA) is 153 Å². The number of para-hydroxylation sites is 2. The maximum absolute atomic E-state index is 10.9. The van der Waals surface area contributed by atoms with Crippen molar-refractivity contribution >= 4 is 39.1 Å². The molecular weight excluding hydrogens is 426 g/mol. The molecule has 4 atom stereocenters. The number of nitrogen functional groups attached to an aromatic ring is 1. The van der Waals surface area contributed by atoms with Crippen LogP contribution in [0.15, 0.2) is 53.2 Å². The maximum atomic E-state index is 10.9. The Labute approximate surface area is 186 Å². The van der Waals surface area contributed by atoms with Gasteiger partial charge in [-0.2, -0.15) is 4.98 Å². The molecule has 5 N–H and O–H groups in total. The van der Waals surface area contributed by atoms with Gasteiger partial charge in [0.25, 0.3) is 0 Å². The fraction of sp³-hybridized carbons (Fsp3) is 0.261. The first-order valence-corrected chi connectivity index (χ1v) is 10.5. The van der Waals surface area contributed by atoms with Crippen LogP contribution in [0.25, 0.3) is 44.4 Å². The Morgan fingerprint density at radius 2 is 1.91 bits per heavy atom. The number of hydrogen-bond acceptors (Lipinski definition) is 9. The van der Waals surface area contributed by atoms with Gasteiger partial charge in [0, 0.05) is 16.3 Å². The monoisotopic (exact) mass is 447 g/mol. The lowest BCUT2D eigenvalue weighted by Gasteiger charge is -2.27. The molecule has 1 saturated heterocycles. The number of nitrogens with zero attached hydrogens (tertiary/aromatic N) is 4. The Hall–Kier alpha value is -3.57. The number of rotatable bonds is 3. The molecule has 10 heteroatoms. The van der Waals surface area contributed by atoms with Crippen molar-refractivity contribution in [2.75, 3.05) is 12.3 Å². The number of benzene rings is 2. The summed E-state index contributed by atoms with van der Waals surface area (Å²) >= 11 is 0.